The third-order valence-corrected chi connectivity index (χ3v) is 5.07. The van der Waals surface area contributed by atoms with Gasteiger partial charge in [-0.15, -0.1) is 0 Å². The molecule has 0 atom stereocenters. The number of nitrogens with zero attached hydrogens (tertiary/aromatic N) is 2. The number of hydrogen-bond acceptors (Lipinski definition) is 3. The third kappa shape index (κ3) is 4.74. The van der Waals surface area contributed by atoms with Crippen molar-refractivity contribution >= 4 is 27.5 Å². The molecule has 0 radical (unpaired) electrons. The lowest BCUT2D eigenvalue weighted by atomic mass is 10.3. The van der Waals surface area contributed by atoms with Crippen molar-refractivity contribution in [3.05, 3.63) is 60.2 Å². The maximum Gasteiger partial charge on any atom is 0.304 e. The van der Waals surface area contributed by atoms with E-state index < -0.39 is 34.3 Å². The highest BCUT2D eigenvalue weighted by molar-refractivity contribution is 7.90. The van der Waals surface area contributed by atoms with Crippen LogP contribution in [0, 0.1) is 11.6 Å². The standard InChI is InChI=1S/C16H17F2N3O3S/c1-20(2)25(23,24)21(15-8-6-12(17)7-9-15)11-16(22)19-14-5-3-4-13(18)10-14/h3-10H,11H2,1-2H3,(H,19,22). The summed E-state index contributed by atoms with van der Waals surface area (Å²) >= 11 is 0. The molecule has 0 spiro atoms. The van der Waals surface area contributed by atoms with Crippen LogP contribution in [0.4, 0.5) is 20.2 Å². The predicted molar refractivity (Wildman–Crippen MR) is 91.4 cm³/mol. The number of carbonyl (C=O) groups is 1. The molecule has 25 heavy (non-hydrogen) atoms. The minimum Gasteiger partial charge on any atom is -0.324 e. The van der Waals surface area contributed by atoms with E-state index in [1.807, 2.05) is 0 Å². The Morgan fingerprint density at radius 1 is 1.04 bits per heavy atom. The fraction of sp³-hybridized carbons (Fsp3) is 0.188. The molecule has 0 fully saturated rings. The van der Waals surface area contributed by atoms with Crippen LogP contribution in [0.1, 0.15) is 0 Å². The zero-order chi connectivity index (χ0) is 18.6. The van der Waals surface area contributed by atoms with Crippen molar-refractivity contribution < 1.29 is 22.0 Å². The molecule has 134 valence electrons. The number of benzene rings is 2. The SMILES string of the molecule is CN(C)S(=O)(=O)N(CC(=O)Nc1cccc(F)c1)c1ccc(F)cc1. The van der Waals surface area contributed by atoms with Gasteiger partial charge in [-0.1, -0.05) is 6.07 Å². The molecule has 0 aliphatic heterocycles. The van der Waals surface area contributed by atoms with Gasteiger partial charge in [0, 0.05) is 19.8 Å². The first kappa shape index (κ1) is 18.8. The monoisotopic (exact) mass is 369 g/mol. The zero-order valence-corrected chi connectivity index (χ0v) is 14.4. The molecule has 2 rings (SSSR count). The van der Waals surface area contributed by atoms with Gasteiger partial charge in [-0.2, -0.15) is 12.7 Å². The quantitative estimate of drug-likeness (QED) is 0.849. The minimum absolute atomic E-state index is 0.129. The summed E-state index contributed by atoms with van der Waals surface area (Å²) < 4.78 is 53.0. The molecule has 2 aromatic carbocycles. The summed E-state index contributed by atoms with van der Waals surface area (Å²) in [5.41, 5.74) is 0.329. The van der Waals surface area contributed by atoms with Crippen molar-refractivity contribution in [1.29, 1.82) is 0 Å². The molecule has 0 heterocycles. The summed E-state index contributed by atoms with van der Waals surface area (Å²) in [4.78, 5) is 12.2. The second-order valence-electron chi connectivity index (χ2n) is 5.33. The maximum absolute atomic E-state index is 13.2. The van der Waals surface area contributed by atoms with Crippen molar-refractivity contribution in [1.82, 2.24) is 4.31 Å². The Kier molecular flexibility index (Phi) is 5.70. The summed E-state index contributed by atoms with van der Waals surface area (Å²) in [6, 6.07) is 9.92. The topological polar surface area (TPSA) is 69.7 Å². The first-order valence-corrected chi connectivity index (χ1v) is 8.61. The van der Waals surface area contributed by atoms with E-state index in [0.29, 0.717) is 0 Å². The van der Waals surface area contributed by atoms with Gasteiger partial charge in [0.2, 0.25) is 5.91 Å². The Morgan fingerprint density at radius 2 is 1.68 bits per heavy atom. The van der Waals surface area contributed by atoms with Crippen molar-refractivity contribution in [2.24, 2.45) is 0 Å². The molecular weight excluding hydrogens is 352 g/mol. The van der Waals surface area contributed by atoms with Crippen molar-refractivity contribution in [2.75, 3.05) is 30.3 Å². The second-order valence-corrected chi connectivity index (χ2v) is 7.40. The van der Waals surface area contributed by atoms with Crippen LogP contribution in [0.25, 0.3) is 0 Å². The predicted octanol–water partition coefficient (Wildman–Crippen LogP) is 2.22. The fourth-order valence-electron chi connectivity index (χ4n) is 2.01. The normalized spacial score (nSPS) is 11.4. The largest absolute Gasteiger partial charge is 0.324 e. The first-order valence-electron chi connectivity index (χ1n) is 7.21. The number of nitrogens with one attached hydrogen (secondary N) is 1. The lowest BCUT2D eigenvalue weighted by Crippen LogP contribution is -2.44. The summed E-state index contributed by atoms with van der Waals surface area (Å²) in [6.07, 6.45) is 0. The Balaban J connectivity index is 2.27. The zero-order valence-electron chi connectivity index (χ0n) is 13.6. The van der Waals surface area contributed by atoms with E-state index >= 15 is 0 Å². The Morgan fingerprint density at radius 3 is 2.24 bits per heavy atom. The van der Waals surface area contributed by atoms with E-state index in [-0.39, 0.29) is 11.4 Å². The molecule has 0 saturated heterocycles. The first-order chi connectivity index (χ1) is 11.7. The van der Waals surface area contributed by atoms with Crippen LogP contribution in [-0.2, 0) is 15.0 Å². The summed E-state index contributed by atoms with van der Waals surface area (Å²) in [7, 11) is -1.36. The molecule has 0 aromatic heterocycles. The van der Waals surface area contributed by atoms with Gasteiger partial charge < -0.3 is 5.32 Å². The lowest BCUT2D eigenvalue weighted by Gasteiger charge is -2.26. The third-order valence-electron chi connectivity index (χ3n) is 3.25. The highest BCUT2D eigenvalue weighted by Crippen LogP contribution is 2.20. The molecule has 6 nitrogen and oxygen atoms in total. The molecule has 1 amide bonds. The van der Waals surface area contributed by atoms with E-state index in [1.165, 1.54) is 44.4 Å². The number of carbonyl (C=O) groups excluding carboxylic acids is 1. The van der Waals surface area contributed by atoms with E-state index in [1.54, 1.807) is 0 Å². The van der Waals surface area contributed by atoms with Gasteiger partial charge in [-0.25, -0.2) is 13.1 Å². The van der Waals surface area contributed by atoms with Gasteiger partial charge in [0.1, 0.15) is 18.2 Å². The number of anilines is 2. The average Bonchev–Trinajstić information content (AvgIpc) is 2.53. The van der Waals surface area contributed by atoms with Gasteiger partial charge in [-0.3, -0.25) is 4.79 Å². The smallest absolute Gasteiger partial charge is 0.304 e. The van der Waals surface area contributed by atoms with Crippen LogP contribution < -0.4 is 9.62 Å². The number of amides is 1. The van der Waals surface area contributed by atoms with E-state index in [9.17, 15) is 22.0 Å². The van der Waals surface area contributed by atoms with Crippen LogP contribution in [0.5, 0.6) is 0 Å². The number of rotatable bonds is 6. The molecule has 1 N–H and O–H groups in total. The summed E-state index contributed by atoms with van der Waals surface area (Å²) in [5.74, 6) is -1.73. The van der Waals surface area contributed by atoms with Crippen LogP contribution in [0.2, 0.25) is 0 Å². The van der Waals surface area contributed by atoms with Gasteiger partial charge in [0.25, 0.3) is 0 Å². The van der Waals surface area contributed by atoms with E-state index in [0.717, 1.165) is 26.8 Å². The van der Waals surface area contributed by atoms with Gasteiger partial charge in [-0.05, 0) is 42.5 Å². The van der Waals surface area contributed by atoms with Crippen LogP contribution in [0.3, 0.4) is 0 Å². The highest BCUT2D eigenvalue weighted by atomic mass is 32.2. The Hall–Kier alpha value is -2.52. The lowest BCUT2D eigenvalue weighted by molar-refractivity contribution is -0.114. The van der Waals surface area contributed by atoms with Gasteiger partial charge >= 0.3 is 10.2 Å². The molecule has 0 bridgehead atoms. The second kappa shape index (κ2) is 7.58. The van der Waals surface area contributed by atoms with E-state index in [4.69, 9.17) is 0 Å². The molecule has 0 unspecified atom stereocenters. The molecule has 2 aromatic rings. The molecule has 0 aliphatic rings. The fourth-order valence-corrected chi connectivity index (χ4v) is 3.07. The number of hydrogen-bond donors (Lipinski definition) is 1. The molecule has 9 heteroatoms. The average molecular weight is 369 g/mol. The Bertz CT molecular complexity index is 855. The molecule has 0 aliphatic carbocycles. The van der Waals surface area contributed by atoms with Crippen molar-refractivity contribution in [3.8, 4) is 0 Å². The summed E-state index contributed by atoms with van der Waals surface area (Å²) in [5, 5.41) is 2.43. The van der Waals surface area contributed by atoms with Crippen LogP contribution in [0.15, 0.2) is 48.5 Å². The molecule has 0 saturated carbocycles. The van der Waals surface area contributed by atoms with Crippen molar-refractivity contribution in [2.45, 2.75) is 0 Å². The van der Waals surface area contributed by atoms with Crippen LogP contribution in [-0.4, -0.2) is 39.3 Å². The number of halogens is 2. The van der Waals surface area contributed by atoms with Crippen LogP contribution >= 0.6 is 0 Å². The minimum atomic E-state index is -3.99. The van der Waals surface area contributed by atoms with Gasteiger partial charge in [0.15, 0.2) is 0 Å². The van der Waals surface area contributed by atoms with E-state index in [2.05, 4.69) is 5.32 Å². The Labute approximate surface area is 144 Å². The maximum atomic E-state index is 13.2. The van der Waals surface area contributed by atoms with Gasteiger partial charge in [0.05, 0.1) is 5.69 Å². The summed E-state index contributed by atoms with van der Waals surface area (Å²) in [6.45, 7) is -0.553. The van der Waals surface area contributed by atoms with Crippen molar-refractivity contribution in [3.63, 3.8) is 0 Å². The molecular formula is C16H17F2N3O3S. The highest BCUT2D eigenvalue weighted by Gasteiger charge is 2.27.